The van der Waals surface area contributed by atoms with Gasteiger partial charge in [-0.3, -0.25) is 19.3 Å². The largest absolute Gasteiger partial charge is 0.483 e. The standard InChI is InChI=1S/C32H37BrN2O6S/c1-18(2)16-35(27(38)9-7-23-15-22(33)17-42-23)24-10-11-32(41-20(4)37)26-14-21-6-8-25(39-19(3)36)29-28(21)31(32,30(24)40-29)12-13-34(26)5/h6-9,15,17-18,24,26,30H,10-14,16H2,1-5H3/b9-7+/t24?,26-,30?,31+,32-/m1/s1. The molecule has 224 valence electrons. The van der Waals surface area contributed by atoms with Gasteiger partial charge in [0.05, 0.1) is 17.5 Å². The van der Waals surface area contributed by atoms with E-state index in [9.17, 15) is 14.4 Å². The van der Waals surface area contributed by atoms with Gasteiger partial charge in [0.2, 0.25) is 5.91 Å². The van der Waals surface area contributed by atoms with E-state index in [4.69, 9.17) is 14.2 Å². The molecule has 6 rings (SSSR count). The van der Waals surface area contributed by atoms with Gasteiger partial charge in [-0.15, -0.1) is 11.3 Å². The Bertz CT molecular complexity index is 1470. The molecule has 10 heteroatoms. The number of nitrogens with zero attached hydrogens (tertiary/aromatic N) is 2. The molecule has 0 N–H and O–H groups in total. The summed E-state index contributed by atoms with van der Waals surface area (Å²) < 4.78 is 20.1. The third-order valence-electron chi connectivity index (χ3n) is 9.45. The Kier molecular flexibility index (Phi) is 7.55. The molecule has 2 aromatic rings. The number of ether oxygens (including phenoxy) is 3. The highest BCUT2D eigenvalue weighted by Gasteiger charge is 2.75. The van der Waals surface area contributed by atoms with E-state index in [2.05, 4.69) is 41.7 Å². The quantitative estimate of drug-likeness (QED) is 0.225. The first-order valence-electron chi connectivity index (χ1n) is 14.6. The molecule has 1 saturated heterocycles. The molecule has 2 aliphatic carbocycles. The molecule has 42 heavy (non-hydrogen) atoms. The Hall–Kier alpha value is -2.69. The molecule has 2 bridgehead atoms. The molecule has 4 aliphatic rings. The Balaban J connectivity index is 1.49. The van der Waals surface area contributed by atoms with Crippen LogP contribution in [0.15, 0.2) is 34.1 Å². The monoisotopic (exact) mass is 656 g/mol. The number of amides is 1. The highest BCUT2D eigenvalue weighted by molar-refractivity contribution is 9.10. The fourth-order valence-corrected chi connectivity index (χ4v) is 9.49. The summed E-state index contributed by atoms with van der Waals surface area (Å²) in [6.07, 6.45) is 5.66. The lowest BCUT2D eigenvalue weighted by molar-refractivity contribution is -0.221. The van der Waals surface area contributed by atoms with Crippen LogP contribution >= 0.6 is 27.3 Å². The smallest absolute Gasteiger partial charge is 0.308 e. The Morgan fingerprint density at radius 2 is 2.02 bits per heavy atom. The fraction of sp³-hybridized carbons (Fsp3) is 0.531. The van der Waals surface area contributed by atoms with Crippen LogP contribution in [0.3, 0.4) is 0 Å². The van der Waals surface area contributed by atoms with E-state index in [-0.39, 0.29) is 29.9 Å². The first-order valence-corrected chi connectivity index (χ1v) is 16.3. The second-order valence-corrected chi connectivity index (χ2v) is 14.3. The normalized spacial score (nSPS) is 29.3. The average Bonchev–Trinajstić information content (AvgIpc) is 3.49. The number of carbonyl (C=O) groups excluding carboxylic acids is 3. The van der Waals surface area contributed by atoms with E-state index in [1.165, 1.54) is 13.8 Å². The van der Waals surface area contributed by atoms with Gasteiger partial charge in [0.15, 0.2) is 11.5 Å². The first kappa shape index (κ1) is 29.4. The molecule has 1 saturated carbocycles. The van der Waals surface area contributed by atoms with Crippen LogP contribution in [0.25, 0.3) is 6.08 Å². The lowest BCUT2D eigenvalue weighted by Crippen LogP contribution is -2.79. The SMILES string of the molecule is CC(=O)Oc1ccc2c3c1OC1C(N(CC(C)C)C(=O)/C=C/c4cc(Br)cs4)CC[C@@]4(OC(C)=O)[C@@H](C2)N(C)CC[C@]314. The topological polar surface area (TPSA) is 85.4 Å². The number of hydrogen-bond acceptors (Lipinski definition) is 8. The predicted octanol–water partition coefficient (Wildman–Crippen LogP) is 5.36. The molecule has 2 aliphatic heterocycles. The number of halogens is 1. The molecule has 3 heterocycles. The summed E-state index contributed by atoms with van der Waals surface area (Å²) in [7, 11) is 2.10. The van der Waals surface area contributed by atoms with Crippen LogP contribution in [0.1, 0.15) is 63.0 Å². The van der Waals surface area contributed by atoms with Crippen LogP contribution in [0.2, 0.25) is 0 Å². The van der Waals surface area contributed by atoms with Gasteiger partial charge in [0, 0.05) is 46.8 Å². The summed E-state index contributed by atoms with van der Waals surface area (Å²) in [6.45, 7) is 8.43. The van der Waals surface area contributed by atoms with Gasteiger partial charge in [-0.25, -0.2) is 0 Å². The van der Waals surface area contributed by atoms with Crippen molar-refractivity contribution in [1.29, 1.82) is 0 Å². The molecule has 5 atom stereocenters. The van der Waals surface area contributed by atoms with Gasteiger partial charge < -0.3 is 19.1 Å². The lowest BCUT2D eigenvalue weighted by Gasteiger charge is -2.65. The van der Waals surface area contributed by atoms with Gasteiger partial charge in [0.25, 0.3) is 0 Å². The van der Waals surface area contributed by atoms with Crippen LogP contribution in [-0.4, -0.2) is 71.6 Å². The van der Waals surface area contributed by atoms with Crippen molar-refractivity contribution in [2.24, 2.45) is 5.92 Å². The van der Waals surface area contributed by atoms with Crippen LogP contribution in [0.4, 0.5) is 0 Å². The molecule has 2 fully saturated rings. The van der Waals surface area contributed by atoms with E-state index in [0.29, 0.717) is 43.7 Å². The second kappa shape index (κ2) is 10.8. The summed E-state index contributed by atoms with van der Waals surface area (Å²) in [4.78, 5) is 44.2. The number of esters is 2. The molecular weight excluding hydrogens is 620 g/mol. The van der Waals surface area contributed by atoms with Crippen molar-refractivity contribution < 1.29 is 28.6 Å². The van der Waals surface area contributed by atoms with E-state index in [1.54, 1.807) is 17.4 Å². The van der Waals surface area contributed by atoms with Crippen molar-refractivity contribution in [2.75, 3.05) is 20.1 Å². The minimum atomic E-state index is -0.828. The number of benzene rings is 1. The van der Waals surface area contributed by atoms with Crippen LogP contribution in [0, 0.1) is 5.92 Å². The lowest BCUT2D eigenvalue weighted by atomic mass is 9.48. The number of rotatable bonds is 7. The highest BCUT2D eigenvalue weighted by atomic mass is 79.9. The Morgan fingerprint density at radius 1 is 1.24 bits per heavy atom. The van der Waals surface area contributed by atoms with Crippen molar-refractivity contribution in [3.63, 3.8) is 0 Å². The molecule has 1 amide bonds. The average molecular weight is 658 g/mol. The van der Waals surface area contributed by atoms with Gasteiger partial charge in [-0.1, -0.05) is 19.9 Å². The maximum Gasteiger partial charge on any atom is 0.308 e. The van der Waals surface area contributed by atoms with Crippen molar-refractivity contribution in [3.8, 4) is 11.5 Å². The fourth-order valence-electron chi connectivity index (χ4n) is 8.15. The second-order valence-electron chi connectivity index (χ2n) is 12.5. The zero-order chi connectivity index (χ0) is 30.0. The number of likely N-dealkylation sites (tertiary alicyclic amines) is 1. The summed E-state index contributed by atoms with van der Waals surface area (Å²) >= 11 is 5.06. The zero-order valence-corrected chi connectivity index (χ0v) is 27.0. The molecule has 0 radical (unpaired) electrons. The first-order chi connectivity index (χ1) is 20.0. The van der Waals surface area contributed by atoms with E-state index < -0.39 is 23.1 Å². The number of thiophene rings is 1. The summed E-state index contributed by atoms with van der Waals surface area (Å²) in [5, 5.41) is 1.99. The molecule has 1 aromatic carbocycles. The summed E-state index contributed by atoms with van der Waals surface area (Å²) in [5.41, 5.74) is 0.590. The number of piperidine rings is 1. The number of likely N-dealkylation sites (N-methyl/N-ethyl adjacent to an activating group) is 1. The van der Waals surface area contributed by atoms with Crippen molar-refractivity contribution in [3.05, 3.63) is 50.1 Å². The number of hydrogen-bond donors (Lipinski definition) is 0. The third kappa shape index (κ3) is 4.52. The Labute approximate surface area is 259 Å². The molecule has 2 unspecified atom stereocenters. The molecule has 1 aromatic heterocycles. The van der Waals surface area contributed by atoms with Crippen molar-refractivity contribution in [1.82, 2.24) is 9.80 Å². The van der Waals surface area contributed by atoms with Crippen LogP contribution in [0.5, 0.6) is 11.5 Å². The van der Waals surface area contributed by atoms with Crippen LogP contribution in [-0.2, 0) is 31.0 Å². The van der Waals surface area contributed by atoms with Gasteiger partial charge in [-0.2, -0.15) is 0 Å². The third-order valence-corrected chi connectivity index (χ3v) is 11.1. The highest BCUT2D eigenvalue weighted by Crippen LogP contribution is 2.67. The van der Waals surface area contributed by atoms with E-state index in [1.807, 2.05) is 34.6 Å². The molecular formula is C32H37BrN2O6S. The summed E-state index contributed by atoms with van der Waals surface area (Å²) in [5.74, 6) is 0.334. The predicted molar refractivity (Wildman–Crippen MR) is 164 cm³/mol. The minimum Gasteiger partial charge on any atom is -0.483 e. The van der Waals surface area contributed by atoms with Crippen molar-refractivity contribution >= 4 is 51.2 Å². The van der Waals surface area contributed by atoms with Gasteiger partial charge in [-0.05, 0) is 84.9 Å². The van der Waals surface area contributed by atoms with Crippen LogP contribution < -0.4 is 9.47 Å². The maximum absolute atomic E-state index is 14.0. The zero-order valence-electron chi connectivity index (χ0n) is 24.6. The van der Waals surface area contributed by atoms with E-state index in [0.717, 1.165) is 27.0 Å². The Morgan fingerprint density at radius 3 is 2.69 bits per heavy atom. The molecule has 1 spiro atoms. The molecule has 8 nitrogen and oxygen atoms in total. The van der Waals surface area contributed by atoms with E-state index >= 15 is 0 Å². The number of carbonyl (C=O) groups is 3. The summed E-state index contributed by atoms with van der Waals surface area (Å²) in [6, 6.07) is 5.52. The van der Waals surface area contributed by atoms with Crippen molar-refractivity contribution in [2.45, 2.75) is 82.6 Å². The minimum absolute atomic E-state index is 0.0355. The van der Waals surface area contributed by atoms with Gasteiger partial charge in [0.1, 0.15) is 11.7 Å². The van der Waals surface area contributed by atoms with Gasteiger partial charge >= 0.3 is 11.9 Å². The maximum atomic E-state index is 14.0.